The smallest absolute Gasteiger partial charge is 0.408 e. The molecule has 3 amide bonds. The highest BCUT2D eigenvalue weighted by molar-refractivity contribution is 5.94. The van der Waals surface area contributed by atoms with Gasteiger partial charge in [-0.15, -0.1) is 0 Å². The third-order valence-corrected chi connectivity index (χ3v) is 4.18. The average Bonchev–Trinajstić information content (AvgIpc) is 2.74. The number of rotatable bonds is 9. The van der Waals surface area contributed by atoms with Gasteiger partial charge in [-0.3, -0.25) is 9.59 Å². The van der Waals surface area contributed by atoms with Crippen LogP contribution in [-0.4, -0.2) is 37.0 Å². The normalized spacial score (nSPS) is 11.4. The van der Waals surface area contributed by atoms with E-state index in [1.165, 1.54) is 0 Å². The number of alkyl carbamates (subject to hydrolysis) is 1. The van der Waals surface area contributed by atoms with Gasteiger partial charge in [-0.25, -0.2) is 4.79 Å². The lowest BCUT2D eigenvalue weighted by atomic mass is 10.0. The molecular weight excluding hydrogens is 370 g/mol. The van der Waals surface area contributed by atoms with Gasteiger partial charge in [0, 0.05) is 18.7 Å². The van der Waals surface area contributed by atoms with E-state index in [0.717, 1.165) is 5.56 Å². The molecule has 0 saturated heterocycles. The number of carbonyl (C=O) groups is 3. The summed E-state index contributed by atoms with van der Waals surface area (Å²) in [4.78, 5) is 36.4. The summed E-state index contributed by atoms with van der Waals surface area (Å²) in [6, 6.07) is 17.4. The molecule has 1 atom stereocenters. The molecule has 2 aromatic carbocycles. The Hall–Kier alpha value is -3.35. The van der Waals surface area contributed by atoms with Gasteiger partial charge >= 0.3 is 6.09 Å². The molecular formula is C22H27N3O4. The Labute approximate surface area is 170 Å². The third kappa shape index (κ3) is 7.65. The minimum atomic E-state index is -0.733. The molecule has 0 unspecified atom stereocenters. The molecule has 0 aliphatic heterocycles. The van der Waals surface area contributed by atoms with Crippen molar-refractivity contribution in [3.8, 4) is 0 Å². The number of carbonyl (C=O) groups excluding carboxylic acids is 3. The van der Waals surface area contributed by atoms with Crippen molar-refractivity contribution in [1.82, 2.24) is 16.0 Å². The van der Waals surface area contributed by atoms with Gasteiger partial charge in [0.25, 0.3) is 5.91 Å². The lowest BCUT2D eigenvalue weighted by Crippen LogP contribution is -2.50. The molecule has 154 valence electrons. The van der Waals surface area contributed by atoms with Crippen LogP contribution < -0.4 is 16.0 Å². The molecule has 0 aromatic heterocycles. The maximum atomic E-state index is 12.4. The first kappa shape index (κ1) is 21.9. The van der Waals surface area contributed by atoms with E-state index in [-0.39, 0.29) is 37.4 Å². The van der Waals surface area contributed by atoms with Gasteiger partial charge in [0.05, 0.1) is 0 Å². The van der Waals surface area contributed by atoms with Gasteiger partial charge < -0.3 is 20.7 Å². The Morgan fingerprint density at radius 1 is 0.862 bits per heavy atom. The predicted octanol–water partition coefficient (Wildman–Crippen LogP) is 2.48. The van der Waals surface area contributed by atoms with E-state index >= 15 is 0 Å². The van der Waals surface area contributed by atoms with E-state index in [0.29, 0.717) is 5.56 Å². The van der Waals surface area contributed by atoms with Crippen molar-refractivity contribution < 1.29 is 19.1 Å². The minimum absolute atomic E-state index is 0.127. The maximum Gasteiger partial charge on any atom is 0.408 e. The van der Waals surface area contributed by atoms with E-state index in [1.807, 2.05) is 50.2 Å². The van der Waals surface area contributed by atoms with Crippen LogP contribution in [0.3, 0.4) is 0 Å². The highest BCUT2D eigenvalue weighted by Gasteiger charge is 2.24. The number of nitrogens with one attached hydrogen (secondary N) is 3. The summed E-state index contributed by atoms with van der Waals surface area (Å²) in [6.45, 7) is 4.33. The van der Waals surface area contributed by atoms with Crippen molar-refractivity contribution >= 4 is 17.9 Å². The molecule has 0 fully saturated rings. The average molecular weight is 397 g/mol. The quantitative estimate of drug-likeness (QED) is 0.567. The molecule has 2 rings (SSSR count). The zero-order chi connectivity index (χ0) is 21.1. The van der Waals surface area contributed by atoms with Crippen LogP contribution in [0, 0.1) is 5.92 Å². The van der Waals surface area contributed by atoms with Gasteiger partial charge in [0.2, 0.25) is 5.91 Å². The molecule has 3 N–H and O–H groups in total. The van der Waals surface area contributed by atoms with Crippen LogP contribution in [0.4, 0.5) is 4.79 Å². The summed E-state index contributed by atoms with van der Waals surface area (Å²) < 4.78 is 5.18. The van der Waals surface area contributed by atoms with E-state index in [1.54, 1.807) is 24.3 Å². The van der Waals surface area contributed by atoms with Gasteiger partial charge in [-0.1, -0.05) is 62.4 Å². The first-order chi connectivity index (χ1) is 14.0. The Kier molecular flexibility index (Phi) is 8.69. The van der Waals surface area contributed by atoms with Gasteiger partial charge in [0.1, 0.15) is 12.6 Å². The molecule has 29 heavy (non-hydrogen) atoms. The van der Waals surface area contributed by atoms with E-state index in [2.05, 4.69) is 16.0 Å². The SMILES string of the molecule is CC(C)[C@@H](NC(=O)OCc1ccccc1)C(=O)NCCNC(=O)c1ccccc1. The summed E-state index contributed by atoms with van der Waals surface area (Å²) in [5, 5.41) is 8.06. The number of ether oxygens (including phenoxy) is 1. The number of amides is 3. The fourth-order valence-corrected chi connectivity index (χ4v) is 2.59. The van der Waals surface area contributed by atoms with Crippen LogP contribution in [0.5, 0.6) is 0 Å². The fourth-order valence-electron chi connectivity index (χ4n) is 2.59. The Bertz CT molecular complexity index is 794. The van der Waals surface area contributed by atoms with Crippen LogP contribution in [0.25, 0.3) is 0 Å². The molecule has 0 spiro atoms. The van der Waals surface area contributed by atoms with Crippen LogP contribution in [0.15, 0.2) is 60.7 Å². The second-order valence-electron chi connectivity index (χ2n) is 6.84. The van der Waals surface area contributed by atoms with Crippen molar-refractivity contribution in [3.63, 3.8) is 0 Å². The third-order valence-electron chi connectivity index (χ3n) is 4.18. The summed E-state index contributed by atoms with van der Waals surface area (Å²) >= 11 is 0. The van der Waals surface area contributed by atoms with Crippen molar-refractivity contribution in [2.45, 2.75) is 26.5 Å². The first-order valence-electron chi connectivity index (χ1n) is 9.55. The minimum Gasteiger partial charge on any atom is -0.445 e. The van der Waals surface area contributed by atoms with Crippen LogP contribution in [0.2, 0.25) is 0 Å². The van der Waals surface area contributed by atoms with Crippen LogP contribution >= 0.6 is 0 Å². The summed E-state index contributed by atoms with van der Waals surface area (Å²) in [5.41, 5.74) is 1.42. The van der Waals surface area contributed by atoms with Gasteiger partial charge in [-0.2, -0.15) is 0 Å². The summed E-state index contributed by atoms with van der Waals surface area (Å²) in [7, 11) is 0. The number of hydrogen-bond donors (Lipinski definition) is 3. The number of hydrogen-bond acceptors (Lipinski definition) is 4. The second-order valence-corrected chi connectivity index (χ2v) is 6.84. The lowest BCUT2D eigenvalue weighted by Gasteiger charge is -2.21. The van der Waals surface area contributed by atoms with Crippen molar-refractivity contribution in [3.05, 3.63) is 71.8 Å². The fraction of sp³-hybridized carbons (Fsp3) is 0.318. The lowest BCUT2D eigenvalue weighted by molar-refractivity contribution is -0.124. The molecule has 0 radical (unpaired) electrons. The first-order valence-corrected chi connectivity index (χ1v) is 9.55. The van der Waals surface area contributed by atoms with Crippen molar-refractivity contribution in [2.75, 3.05) is 13.1 Å². The molecule has 0 bridgehead atoms. The van der Waals surface area contributed by atoms with Crippen LogP contribution in [0.1, 0.15) is 29.8 Å². The zero-order valence-corrected chi connectivity index (χ0v) is 16.7. The van der Waals surface area contributed by atoms with Gasteiger partial charge in [-0.05, 0) is 23.6 Å². The zero-order valence-electron chi connectivity index (χ0n) is 16.7. The van der Waals surface area contributed by atoms with Gasteiger partial charge in [0.15, 0.2) is 0 Å². The topological polar surface area (TPSA) is 96.5 Å². The van der Waals surface area contributed by atoms with Crippen molar-refractivity contribution in [1.29, 1.82) is 0 Å². The van der Waals surface area contributed by atoms with Crippen molar-refractivity contribution in [2.24, 2.45) is 5.92 Å². The molecule has 7 nitrogen and oxygen atoms in total. The molecule has 0 heterocycles. The molecule has 0 saturated carbocycles. The predicted molar refractivity (Wildman–Crippen MR) is 110 cm³/mol. The Morgan fingerprint density at radius 3 is 2.07 bits per heavy atom. The second kappa shape index (κ2) is 11.5. The Morgan fingerprint density at radius 2 is 1.45 bits per heavy atom. The molecule has 2 aromatic rings. The molecule has 0 aliphatic carbocycles. The molecule has 0 aliphatic rings. The van der Waals surface area contributed by atoms with E-state index < -0.39 is 12.1 Å². The summed E-state index contributed by atoms with van der Waals surface area (Å²) in [5.74, 6) is -0.660. The Balaban J connectivity index is 1.73. The standard InChI is InChI=1S/C22H27N3O4/c1-16(2)19(25-22(28)29-15-17-9-5-3-6-10-17)21(27)24-14-13-23-20(26)18-11-7-4-8-12-18/h3-12,16,19H,13-15H2,1-2H3,(H,23,26)(H,24,27)(H,25,28)/t19-/m1/s1. The summed E-state index contributed by atoms with van der Waals surface area (Å²) in [6.07, 6.45) is -0.653. The largest absolute Gasteiger partial charge is 0.445 e. The van der Waals surface area contributed by atoms with Crippen LogP contribution in [-0.2, 0) is 16.1 Å². The number of benzene rings is 2. The van der Waals surface area contributed by atoms with E-state index in [9.17, 15) is 14.4 Å². The monoisotopic (exact) mass is 397 g/mol. The maximum absolute atomic E-state index is 12.4. The van der Waals surface area contributed by atoms with E-state index in [4.69, 9.17) is 4.74 Å². The highest BCUT2D eigenvalue weighted by atomic mass is 16.5. The highest BCUT2D eigenvalue weighted by Crippen LogP contribution is 2.04. The molecule has 7 heteroatoms.